The molecule has 1 N–H and O–H groups in total. The molecule has 0 aromatic carbocycles. The van der Waals surface area contributed by atoms with E-state index in [0.717, 1.165) is 66.8 Å². The summed E-state index contributed by atoms with van der Waals surface area (Å²) in [6, 6.07) is 8.14. The van der Waals surface area contributed by atoms with Gasteiger partial charge < -0.3 is 19.2 Å². The van der Waals surface area contributed by atoms with Gasteiger partial charge in [0.2, 0.25) is 5.91 Å². The zero-order valence-electron chi connectivity index (χ0n) is 21.3. The molecule has 1 aliphatic heterocycles. The van der Waals surface area contributed by atoms with Crippen LogP contribution in [-0.2, 0) is 24.2 Å². The zero-order chi connectivity index (χ0) is 24.7. The molecule has 7 heteroatoms. The van der Waals surface area contributed by atoms with Gasteiger partial charge in [0.25, 0.3) is 5.91 Å². The number of aromatic nitrogens is 1. The number of aryl methyl sites for hydroxylation is 2. The normalized spacial score (nSPS) is 25.6. The maximum absolute atomic E-state index is 14.0. The van der Waals surface area contributed by atoms with Crippen molar-refractivity contribution in [1.82, 2.24) is 14.8 Å². The van der Waals surface area contributed by atoms with Crippen LogP contribution in [0.3, 0.4) is 0 Å². The number of rotatable bonds is 7. The van der Waals surface area contributed by atoms with E-state index in [2.05, 4.69) is 36.7 Å². The van der Waals surface area contributed by atoms with Crippen molar-refractivity contribution in [1.29, 1.82) is 0 Å². The van der Waals surface area contributed by atoms with Gasteiger partial charge in [-0.1, -0.05) is 13.8 Å². The molecule has 1 fully saturated rings. The molecule has 0 saturated heterocycles. The molecule has 1 saturated carbocycles. The van der Waals surface area contributed by atoms with Crippen LogP contribution >= 0.6 is 11.3 Å². The third kappa shape index (κ3) is 4.44. The van der Waals surface area contributed by atoms with E-state index in [-0.39, 0.29) is 23.9 Å². The summed E-state index contributed by atoms with van der Waals surface area (Å²) in [5.41, 5.74) is 0.801. The molecule has 3 aromatic rings. The summed E-state index contributed by atoms with van der Waals surface area (Å²) in [6.07, 6.45) is 8.41. The molecular formula is C28H37N3O3S. The number of hydrogen-bond donors (Lipinski definition) is 1. The van der Waals surface area contributed by atoms with Crippen molar-refractivity contribution < 1.29 is 14.0 Å². The van der Waals surface area contributed by atoms with Gasteiger partial charge in [-0.15, -0.1) is 11.3 Å². The summed E-state index contributed by atoms with van der Waals surface area (Å²) in [5.74, 6) is 1.53. The molecule has 3 aromatic heterocycles. The molecule has 35 heavy (non-hydrogen) atoms. The number of hydrogen-bond acceptors (Lipinski definition) is 4. The number of carbonyl (C=O) groups excluding carboxylic acids is 2. The van der Waals surface area contributed by atoms with Crippen LogP contribution in [0.1, 0.15) is 80.9 Å². The van der Waals surface area contributed by atoms with Crippen LogP contribution in [-0.4, -0.2) is 38.9 Å². The Morgan fingerprint density at radius 3 is 2.74 bits per heavy atom. The van der Waals surface area contributed by atoms with E-state index >= 15 is 0 Å². The number of amides is 2. The number of thiophene rings is 1. The molecule has 188 valence electrons. The summed E-state index contributed by atoms with van der Waals surface area (Å²) in [6.45, 7) is 8.92. The lowest BCUT2D eigenvalue weighted by atomic mass is 9.86. The Labute approximate surface area is 211 Å². The molecule has 0 bridgehead atoms. The summed E-state index contributed by atoms with van der Waals surface area (Å²) in [7, 11) is 0. The number of furan rings is 1. The lowest BCUT2D eigenvalue weighted by Gasteiger charge is -2.47. The largest absolute Gasteiger partial charge is 0.469 e. The van der Waals surface area contributed by atoms with Gasteiger partial charge in [0, 0.05) is 23.4 Å². The van der Waals surface area contributed by atoms with E-state index in [1.54, 1.807) is 17.6 Å². The average molecular weight is 496 g/mol. The van der Waals surface area contributed by atoms with Crippen LogP contribution in [0.15, 0.2) is 34.9 Å². The van der Waals surface area contributed by atoms with Crippen molar-refractivity contribution in [3.05, 3.63) is 46.9 Å². The third-order valence-corrected chi connectivity index (χ3v) is 9.31. The molecule has 0 unspecified atom stereocenters. The van der Waals surface area contributed by atoms with Gasteiger partial charge in [-0.25, -0.2) is 0 Å². The fraction of sp³-hybridized carbons (Fsp3) is 0.571. The Balaban J connectivity index is 1.47. The quantitative estimate of drug-likeness (QED) is 0.451. The minimum absolute atomic E-state index is 0.0336. The minimum atomic E-state index is -0.962. The number of nitrogens with zero attached hydrogens (tertiary/aromatic N) is 2. The standard InChI is InChI=1S/C28H37N3O3S/c1-5-22-15-23-25(35-22)16-24-26(32)31(19(3)10-13-21-7-6-14-34-21)28(4,17-30(23)24)27(33)29-20-11-8-18(2)9-12-20/h6-7,14-16,18-20H,5,8-13,17H2,1-4H3,(H,29,33)/t18?,19-,20?,28-/m1/s1. The first kappa shape index (κ1) is 24.2. The lowest BCUT2D eigenvalue weighted by Crippen LogP contribution is -2.67. The van der Waals surface area contributed by atoms with Crippen molar-refractivity contribution >= 4 is 33.4 Å². The van der Waals surface area contributed by atoms with Gasteiger partial charge in [0.05, 0.1) is 23.0 Å². The van der Waals surface area contributed by atoms with Gasteiger partial charge in [0.15, 0.2) is 0 Å². The van der Waals surface area contributed by atoms with Gasteiger partial charge >= 0.3 is 0 Å². The van der Waals surface area contributed by atoms with E-state index < -0.39 is 5.54 Å². The summed E-state index contributed by atoms with van der Waals surface area (Å²) in [4.78, 5) is 31.1. The number of nitrogens with one attached hydrogen (secondary N) is 1. The Morgan fingerprint density at radius 1 is 1.29 bits per heavy atom. The Kier molecular flexibility index (Phi) is 6.55. The van der Waals surface area contributed by atoms with Crippen LogP contribution in [0.4, 0.5) is 0 Å². The van der Waals surface area contributed by atoms with E-state index in [0.29, 0.717) is 12.2 Å². The second-order valence-electron chi connectivity index (χ2n) is 10.8. The molecule has 6 nitrogen and oxygen atoms in total. The maximum Gasteiger partial charge on any atom is 0.271 e. The van der Waals surface area contributed by atoms with Crippen molar-refractivity contribution in [2.24, 2.45) is 5.92 Å². The highest BCUT2D eigenvalue weighted by Gasteiger charge is 2.50. The van der Waals surface area contributed by atoms with Crippen LogP contribution in [0.2, 0.25) is 0 Å². The summed E-state index contributed by atoms with van der Waals surface area (Å²) < 4.78 is 8.74. The molecule has 2 amide bonds. The molecule has 5 rings (SSSR count). The first-order valence-corrected chi connectivity index (χ1v) is 13.9. The van der Waals surface area contributed by atoms with Crippen LogP contribution in [0.5, 0.6) is 0 Å². The zero-order valence-corrected chi connectivity index (χ0v) is 22.1. The molecule has 4 heterocycles. The monoisotopic (exact) mass is 495 g/mol. The van der Waals surface area contributed by atoms with E-state index in [1.165, 1.54) is 4.88 Å². The molecule has 0 spiro atoms. The second-order valence-corrected chi connectivity index (χ2v) is 11.9. The number of fused-ring (bicyclic) bond motifs is 3. The van der Waals surface area contributed by atoms with E-state index in [1.807, 2.05) is 30.0 Å². The third-order valence-electron chi connectivity index (χ3n) is 8.09. The predicted octanol–water partition coefficient (Wildman–Crippen LogP) is 5.79. The summed E-state index contributed by atoms with van der Waals surface area (Å²) >= 11 is 1.74. The van der Waals surface area contributed by atoms with Crippen molar-refractivity contribution in [3.8, 4) is 0 Å². The van der Waals surface area contributed by atoms with Gasteiger partial charge in [-0.05, 0) is 82.6 Å². The highest BCUT2D eigenvalue weighted by molar-refractivity contribution is 7.19. The molecule has 2 aliphatic rings. The first-order valence-electron chi connectivity index (χ1n) is 13.1. The van der Waals surface area contributed by atoms with E-state index in [4.69, 9.17) is 4.42 Å². The Bertz CT molecular complexity index is 1200. The van der Waals surface area contributed by atoms with E-state index in [9.17, 15) is 9.59 Å². The highest BCUT2D eigenvalue weighted by atomic mass is 32.1. The minimum Gasteiger partial charge on any atom is -0.469 e. The molecule has 1 aliphatic carbocycles. The van der Waals surface area contributed by atoms with Crippen LogP contribution in [0, 0.1) is 5.92 Å². The molecular weight excluding hydrogens is 458 g/mol. The smallest absolute Gasteiger partial charge is 0.271 e. The fourth-order valence-electron chi connectivity index (χ4n) is 5.89. The SMILES string of the molecule is CCc1cc2c(cc3n2C[C@](C)(C(=O)NC2CCC(C)CC2)N([C@H](C)CCc2ccco2)C3=O)s1. The van der Waals surface area contributed by atoms with Crippen LogP contribution < -0.4 is 5.32 Å². The van der Waals surface area contributed by atoms with Gasteiger partial charge in [-0.3, -0.25) is 9.59 Å². The number of carbonyl (C=O) groups is 2. The Hall–Kier alpha value is -2.54. The van der Waals surface area contributed by atoms with Crippen molar-refractivity contribution in [2.45, 2.75) is 96.8 Å². The van der Waals surface area contributed by atoms with Gasteiger partial charge in [0.1, 0.15) is 17.0 Å². The van der Waals surface area contributed by atoms with Crippen LogP contribution in [0.25, 0.3) is 10.2 Å². The fourth-order valence-corrected chi connectivity index (χ4v) is 6.94. The lowest BCUT2D eigenvalue weighted by molar-refractivity contribution is -0.135. The van der Waals surface area contributed by atoms with Crippen molar-refractivity contribution in [3.63, 3.8) is 0 Å². The second kappa shape index (κ2) is 9.49. The predicted molar refractivity (Wildman–Crippen MR) is 140 cm³/mol. The first-order chi connectivity index (χ1) is 16.8. The average Bonchev–Trinajstić information content (AvgIpc) is 3.56. The molecule has 0 radical (unpaired) electrons. The maximum atomic E-state index is 14.0. The molecule has 2 atom stereocenters. The van der Waals surface area contributed by atoms with Crippen molar-refractivity contribution in [2.75, 3.05) is 0 Å². The Morgan fingerprint density at radius 2 is 2.06 bits per heavy atom. The topological polar surface area (TPSA) is 67.5 Å². The summed E-state index contributed by atoms with van der Waals surface area (Å²) in [5, 5.41) is 3.35. The highest BCUT2D eigenvalue weighted by Crippen LogP contribution is 2.38. The van der Waals surface area contributed by atoms with Gasteiger partial charge in [-0.2, -0.15) is 0 Å².